The first-order valence-corrected chi connectivity index (χ1v) is 11.8. The van der Waals surface area contributed by atoms with Crippen molar-refractivity contribution in [2.24, 2.45) is 0 Å². The minimum absolute atomic E-state index is 0.115. The van der Waals surface area contributed by atoms with Crippen LogP contribution in [0.1, 0.15) is 60.3 Å². The Bertz CT molecular complexity index is 1240. The van der Waals surface area contributed by atoms with E-state index in [1.807, 2.05) is 6.20 Å². The van der Waals surface area contributed by atoms with Crippen LogP contribution in [-0.4, -0.2) is 17.1 Å². The van der Waals surface area contributed by atoms with Crippen molar-refractivity contribution in [1.82, 2.24) is 9.97 Å². The molecule has 3 heteroatoms. The highest BCUT2D eigenvalue weighted by atomic mass is 16.5. The molecule has 0 saturated heterocycles. The minimum atomic E-state index is 0.115. The molecule has 174 valence electrons. The van der Waals surface area contributed by atoms with E-state index >= 15 is 0 Å². The lowest BCUT2D eigenvalue weighted by molar-refractivity contribution is 0.371. The number of nitrogens with zero attached hydrogens (tertiary/aromatic N) is 1. The fraction of sp³-hybridized carbons (Fsp3) is 0.258. The van der Waals surface area contributed by atoms with E-state index in [2.05, 4.69) is 112 Å². The van der Waals surface area contributed by atoms with E-state index in [0.29, 0.717) is 5.76 Å². The van der Waals surface area contributed by atoms with Crippen LogP contribution >= 0.6 is 0 Å². The summed E-state index contributed by atoms with van der Waals surface area (Å²) in [6.07, 6.45) is 2.79. The molecule has 0 aliphatic rings. The zero-order chi connectivity index (χ0) is 24.3. The Morgan fingerprint density at radius 1 is 0.941 bits per heavy atom. The summed E-state index contributed by atoms with van der Waals surface area (Å²) in [4.78, 5) is 8.43. The molecule has 3 aromatic carbocycles. The van der Waals surface area contributed by atoms with Crippen LogP contribution < -0.4 is 0 Å². The SMILES string of the molecule is C=C(OC)c1ccc(CC(c2ccc(C(C)(C)C)cc2)c2ncc(-c3ccc(C)cc3)[nH]2)cc1. The lowest BCUT2D eigenvalue weighted by Crippen LogP contribution is -2.12. The smallest absolute Gasteiger partial charge is 0.118 e. The molecule has 4 aromatic rings. The van der Waals surface area contributed by atoms with E-state index in [0.717, 1.165) is 29.1 Å². The highest BCUT2D eigenvalue weighted by molar-refractivity contribution is 5.59. The first-order valence-electron chi connectivity index (χ1n) is 11.8. The van der Waals surface area contributed by atoms with Crippen LogP contribution in [0.5, 0.6) is 0 Å². The number of aromatic amines is 1. The van der Waals surface area contributed by atoms with E-state index in [9.17, 15) is 0 Å². The minimum Gasteiger partial charge on any atom is -0.497 e. The highest BCUT2D eigenvalue weighted by Crippen LogP contribution is 2.31. The fourth-order valence-electron chi connectivity index (χ4n) is 4.16. The van der Waals surface area contributed by atoms with Gasteiger partial charge >= 0.3 is 0 Å². The predicted molar refractivity (Wildman–Crippen MR) is 142 cm³/mol. The third kappa shape index (κ3) is 5.31. The molecule has 1 aromatic heterocycles. The number of aromatic nitrogens is 2. The van der Waals surface area contributed by atoms with Crippen molar-refractivity contribution in [1.29, 1.82) is 0 Å². The third-order valence-corrected chi connectivity index (χ3v) is 6.43. The molecule has 3 nitrogen and oxygen atoms in total. The maximum atomic E-state index is 5.28. The monoisotopic (exact) mass is 450 g/mol. The largest absolute Gasteiger partial charge is 0.497 e. The molecule has 1 unspecified atom stereocenters. The highest BCUT2D eigenvalue weighted by Gasteiger charge is 2.21. The van der Waals surface area contributed by atoms with Gasteiger partial charge in [-0.1, -0.05) is 106 Å². The number of aryl methyl sites for hydroxylation is 1. The van der Waals surface area contributed by atoms with E-state index in [4.69, 9.17) is 9.72 Å². The Labute approximate surface area is 203 Å². The van der Waals surface area contributed by atoms with Crippen LogP contribution in [0, 0.1) is 6.92 Å². The van der Waals surface area contributed by atoms with Crippen molar-refractivity contribution < 1.29 is 4.74 Å². The van der Waals surface area contributed by atoms with Crippen molar-refractivity contribution in [3.63, 3.8) is 0 Å². The molecule has 34 heavy (non-hydrogen) atoms. The first-order chi connectivity index (χ1) is 16.2. The second-order valence-electron chi connectivity index (χ2n) is 10.0. The lowest BCUT2D eigenvalue weighted by Gasteiger charge is -2.21. The number of methoxy groups -OCH3 is 1. The van der Waals surface area contributed by atoms with Crippen molar-refractivity contribution in [2.45, 2.75) is 45.4 Å². The number of nitrogens with one attached hydrogen (secondary N) is 1. The van der Waals surface area contributed by atoms with Gasteiger partial charge in [0.1, 0.15) is 11.6 Å². The Kier molecular flexibility index (Phi) is 6.74. The molecular weight excluding hydrogens is 416 g/mol. The summed E-state index contributed by atoms with van der Waals surface area (Å²) >= 11 is 0. The summed E-state index contributed by atoms with van der Waals surface area (Å²) in [6.45, 7) is 12.8. The normalized spacial score (nSPS) is 12.4. The van der Waals surface area contributed by atoms with Gasteiger partial charge < -0.3 is 9.72 Å². The third-order valence-electron chi connectivity index (χ3n) is 6.43. The second-order valence-corrected chi connectivity index (χ2v) is 10.0. The van der Waals surface area contributed by atoms with Gasteiger partial charge in [0.2, 0.25) is 0 Å². The summed E-state index contributed by atoms with van der Waals surface area (Å²) in [5.41, 5.74) is 8.38. The van der Waals surface area contributed by atoms with Gasteiger partial charge in [-0.25, -0.2) is 4.98 Å². The number of H-pyrrole nitrogens is 1. The van der Waals surface area contributed by atoms with Crippen LogP contribution in [-0.2, 0) is 16.6 Å². The van der Waals surface area contributed by atoms with Crippen LogP contribution in [0.4, 0.5) is 0 Å². The van der Waals surface area contributed by atoms with Crippen molar-refractivity contribution in [3.8, 4) is 11.3 Å². The number of rotatable bonds is 7. The van der Waals surface area contributed by atoms with Crippen molar-refractivity contribution in [3.05, 3.63) is 119 Å². The predicted octanol–water partition coefficient (Wildman–Crippen LogP) is 7.67. The maximum absolute atomic E-state index is 5.28. The van der Waals surface area contributed by atoms with Crippen LogP contribution in [0.15, 0.2) is 85.6 Å². The van der Waals surface area contributed by atoms with Gasteiger partial charge in [0.05, 0.1) is 19.0 Å². The molecular formula is C31H34N2O. The van der Waals surface area contributed by atoms with E-state index in [-0.39, 0.29) is 11.3 Å². The molecule has 0 spiro atoms. The molecule has 1 atom stereocenters. The second kappa shape index (κ2) is 9.72. The van der Waals surface area contributed by atoms with Crippen molar-refractivity contribution >= 4 is 5.76 Å². The number of benzene rings is 3. The molecule has 0 bridgehead atoms. The zero-order valence-electron chi connectivity index (χ0n) is 20.9. The van der Waals surface area contributed by atoms with E-state index in [1.54, 1.807) is 7.11 Å². The lowest BCUT2D eigenvalue weighted by atomic mass is 9.84. The molecule has 0 radical (unpaired) electrons. The molecule has 0 saturated carbocycles. The van der Waals surface area contributed by atoms with E-state index < -0.39 is 0 Å². The van der Waals surface area contributed by atoms with Crippen LogP contribution in [0.25, 0.3) is 17.0 Å². The molecule has 0 aliphatic heterocycles. The first kappa shape index (κ1) is 23.6. The summed E-state index contributed by atoms with van der Waals surface area (Å²) in [5, 5.41) is 0. The quantitative estimate of drug-likeness (QED) is 0.293. The summed E-state index contributed by atoms with van der Waals surface area (Å²) in [6, 6.07) is 26.0. The van der Waals surface area contributed by atoms with Crippen molar-refractivity contribution in [2.75, 3.05) is 7.11 Å². The van der Waals surface area contributed by atoms with Gasteiger partial charge in [-0.15, -0.1) is 0 Å². The standard InChI is InChI=1S/C31H34N2O/c1-21-7-11-26(12-8-21)29-20-32-30(33-29)28(25-15-17-27(18-16-25)31(3,4)5)19-23-9-13-24(14-10-23)22(2)34-6/h7-18,20,28H,2,19H2,1,3-6H3,(H,32,33). The molecule has 1 N–H and O–H groups in total. The van der Waals surface area contributed by atoms with Gasteiger partial charge in [0.15, 0.2) is 0 Å². The zero-order valence-corrected chi connectivity index (χ0v) is 20.9. The number of hydrogen-bond donors (Lipinski definition) is 1. The topological polar surface area (TPSA) is 37.9 Å². The maximum Gasteiger partial charge on any atom is 0.118 e. The molecule has 4 rings (SSSR count). The van der Waals surface area contributed by atoms with Gasteiger partial charge in [-0.3, -0.25) is 0 Å². The molecule has 0 aliphatic carbocycles. The summed E-state index contributed by atoms with van der Waals surface area (Å²) < 4.78 is 5.28. The van der Waals surface area contributed by atoms with Crippen LogP contribution in [0.2, 0.25) is 0 Å². The average Bonchev–Trinajstić information content (AvgIpc) is 3.32. The molecule has 1 heterocycles. The van der Waals surface area contributed by atoms with Crippen LogP contribution in [0.3, 0.4) is 0 Å². The number of imidazole rings is 1. The number of ether oxygens (including phenoxy) is 1. The van der Waals surface area contributed by atoms with Gasteiger partial charge in [-0.2, -0.15) is 0 Å². The molecule has 0 amide bonds. The Hall–Kier alpha value is -3.59. The summed E-state index contributed by atoms with van der Waals surface area (Å²) in [5.74, 6) is 1.77. The van der Waals surface area contributed by atoms with Gasteiger partial charge in [0.25, 0.3) is 0 Å². The van der Waals surface area contributed by atoms with E-state index in [1.165, 1.54) is 22.3 Å². The summed E-state index contributed by atoms with van der Waals surface area (Å²) in [7, 11) is 1.65. The Balaban J connectivity index is 1.68. The number of hydrogen-bond acceptors (Lipinski definition) is 2. The molecule has 0 fully saturated rings. The Morgan fingerprint density at radius 3 is 2.18 bits per heavy atom. The van der Waals surface area contributed by atoms with Gasteiger partial charge in [0, 0.05) is 11.5 Å². The Morgan fingerprint density at radius 2 is 1.59 bits per heavy atom. The van der Waals surface area contributed by atoms with Gasteiger partial charge in [-0.05, 0) is 41.0 Å². The fourth-order valence-corrected chi connectivity index (χ4v) is 4.16. The average molecular weight is 451 g/mol.